The Morgan fingerprint density at radius 2 is 1.79 bits per heavy atom. The van der Waals surface area contributed by atoms with Crippen molar-refractivity contribution < 1.29 is 14.7 Å². The Bertz CT molecular complexity index is 199. The molecule has 0 spiro atoms. The predicted octanol–water partition coefficient (Wildman–Crippen LogP) is 1.72. The Balaban J connectivity index is 4.12. The number of hydrogen-bond acceptors (Lipinski definition) is 3. The maximum atomic E-state index is 11.6. The van der Waals surface area contributed by atoms with Crippen LogP contribution in [0.5, 0.6) is 0 Å². The molecule has 0 saturated carbocycles. The SMILES string of the molecule is CCC(O)C(=O)C(CC)CCC(C)=O. The molecule has 0 saturated heterocycles. The van der Waals surface area contributed by atoms with Gasteiger partial charge in [-0.25, -0.2) is 0 Å². The van der Waals surface area contributed by atoms with E-state index >= 15 is 0 Å². The zero-order chi connectivity index (χ0) is 11.1. The van der Waals surface area contributed by atoms with Crippen LogP contribution in [0.15, 0.2) is 0 Å². The molecule has 3 nitrogen and oxygen atoms in total. The second-order valence-corrected chi connectivity index (χ2v) is 3.67. The third-order valence-electron chi connectivity index (χ3n) is 2.46. The number of aliphatic hydroxyl groups is 1. The van der Waals surface area contributed by atoms with E-state index in [4.69, 9.17) is 0 Å². The fourth-order valence-corrected chi connectivity index (χ4v) is 1.40. The van der Waals surface area contributed by atoms with Crippen molar-refractivity contribution in [3.63, 3.8) is 0 Å². The van der Waals surface area contributed by atoms with Gasteiger partial charge in [0, 0.05) is 12.3 Å². The summed E-state index contributed by atoms with van der Waals surface area (Å²) in [6.07, 6.45) is 1.30. The molecule has 0 aromatic heterocycles. The standard InChI is InChI=1S/C11H20O3/c1-4-9(7-6-8(3)12)11(14)10(13)5-2/h9-10,13H,4-7H2,1-3H3. The van der Waals surface area contributed by atoms with Crippen molar-refractivity contribution in [2.24, 2.45) is 5.92 Å². The molecule has 0 aliphatic carbocycles. The summed E-state index contributed by atoms with van der Waals surface area (Å²) < 4.78 is 0. The zero-order valence-corrected chi connectivity index (χ0v) is 9.25. The van der Waals surface area contributed by atoms with Crippen LogP contribution in [-0.2, 0) is 9.59 Å². The fourth-order valence-electron chi connectivity index (χ4n) is 1.40. The molecular weight excluding hydrogens is 180 g/mol. The molecule has 0 amide bonds. The van der Waals surface area contributed by atoms with Crippen LogP contribution < -0.4 is 0 Å². The lowest BCUT2D eigenvalue weighted by atomic mass is 9.91. The monoisotopic (exact) mass is 200 g/mol. The van der Waals surface area contributed by atoms with Gasteiger partial charge in [-0.3, -0.25) is 4.79 Å². The third-order valence-corrected chi connectivity index (χ3v) is 2.46. The molecule has 0 radical (unpaired) electrons. The first-order valence-corrected chi connectivity index (χ1v) is 5.24. The summed E-state index contributed by atoms with van der Waals surface area (Å²) in [5, 5.41) is 9.36. The fraction of sp³-hybridized carbons (Fsp3) is 0.818. The lowest BCUT2D eigenvalue weighted by Crippen LogP contribution is -2.27. The van der Waals surface area contributed by atoms with Crippen LogP contribution in [0.2, 0.25) is 0 Å². The Labute approximate surface area is 85.5 Å². The highest BCUT2D eigenvalue weighted by molar-refractivity contribution is 5.85. The molecule has 0 aromatic rings. The van der Waals surface area contributed by atoms with Gasteiger partial charge in [0.05, 0.1) is 0 Å². The van der Waals surface area contributed by atoms with Crippen LogP contribution in [0.1, 0.15) is 46.5 Å². The van der Waals surface area contributed by atoms with Crippen LogP contribution in [0.25, 0.3) is 0 Å². The summed E-state index contributed by atoms with van der Waals surface area (Å²) in [7, 11) is 0. The maximum absolute atomic E-state index is 11.6. The number of rotatable bonds is 7. The van der Waals surface area contributed by atoms with E-state index in [9.17, 15) is 14.7 Å². The molecule has 2 atom stereocenters. The minimum atomic E-state index is -0.855. The molecule has 0 heterocycles. The Morgan fingerprint density at radius 3 is 2.14 bits per heavy atom. The first-order chi connectivity index (χ1) is 6.52. The van der Waals surface area contributed by atoms with Gasteiger partial charge in [-0.2, -0.15) is 0 Å². The van der Waals surface area contributed by atoms with Gasteiger partial charge in [0.2, 0.25) is 0 Å². The molecule has 0 aromatic carbocycles. The van der Waals surface area contributed by atoms with Crippen LogP contribution in [-0.4, -0.2) is 22.8 Å². The van der Waals surface area contributed by atoms with E-state index in [1.807, 2.05) is 6.92 Å². The molecule has 0 bridgehead atoms. The van der Waals surface area contributed by atoms with Gasteiger partial charge < -0.3 is 9.90 Å². The highest BCUT2D eigenvalue weighted by Gasteiger charge is 2.22. The molecule has 1 N–H and O–H groups in total. The van der Waals surface area contributed by atoms with Crippen molar-refractivity contribution in [1.29, 1.82) is 0 Å². The van der Waals surface area contributed by atoms with E-state index in [-0.39, 0.29) is 17.5 Å². The number of Topliss-reactive ketones (excluding diaryl/α,β-unsaturated/α-hetero) is 2. The van der Waals surface area contributed by atoms with Crippen molar-refractivity contribution in [3.05, 3.63) is 0 Å². The summed E-state index contributed by atoms with van der Waals surface area (Å²) in [6.45, 7) is 5.21. The van der Waals surface area contributed by atoms with Gasteiger partial charge in [-0.1, -0.05) is 13.8 Å². The van der Waals surface area contributed by atoms with E-state index in [0.29, 0.717) is 25.7 Å². The average Bonchev–Trinajstić information content (AvgIpc) is 2.16. The zero-order valence-electron chi connectivity index (χ0n) is 9.25. The molecule has 0 rings (SSSR count). The lowest BCUT2D eigenvalue weighted by molar-refractivity contribution is -0.131. The second-order valence-electron chi connectivity index (χ2n) is 3.67. The van der Waals surface area contributed by atoms with E-state index < -0.39 is 6.10 Å². The molecule has 82 valence electrons. The second kappa shape index (κ2) is 6.71. The number of hydrogen-bond donors (Lipinski definition) is 1. The van der Waals surface area contributed by atoms with Crippen LogP contribution in [0, 0.1) is 5.92 Å². The van der Waals surface area contributed by atoms with Gasteiger partial charge in [-0.15, -0.1) is 0 Å². The maximum Gasteiger partial charge on any atom is 0.164 e. The highest BCUT2D eigenvalue weighted by atomic mass is 16.3. The van der Waals surface area contributed by atoms with Crippen molar-refractivity contribution in [1.82, 2.24) is 0 Å². The van der Waals surface area contributed by atoms with Gasteiger partial charge in [0.15, 0.2) is 5.78 Å². The molecule has 0 aliphatic heterocycles. The predicted molar refractivity (Wildman–Crippen MR) is 55.0 cm³/mol. The molecular formula is C11H20O3. The normalized spacial score (nSPS) is 14.9. The Hall–Kier alpha value is -0.700. The first-order valence-electron chi connectivity index (χ1n) is 5.24. The lowest BCUT2D eigenvalue weighted by Gasteiger charge is -2.15. The van der Waals surface area contributed by atoms with E-state index in [2.05, 4.69) is 0 Å². The first kappa shape index (κ1) is 13.3. The van der Waals surface area contributed by atoms with Crippen molar-refractivity contribution >= 4 is 11.6 Å². The van der Waals surface area contributed by atoms with Crippen LogP contribution >= 0.6 is 0 Å². The quantitative estimate of drug-likeness (QED) is 0.680. The number of aliphatic hydroxyl groups excluding tert-OH is 1. The largest absolute Gasteiger partial charge is 0.385 e. The van der Waals surface area contributed by atoms with Gasteiger partial charge in [-0.05, 0) is 26.2 Å². The molecule has 2 unspecified atom stereocenters. The van der Waals surface area contributed by atoms with E-state index in [0.717, 1.165) is 0 Å². The molecule has 14 heavy (non-hydrogen) atoms. The van der Waals surface area contributed by atoms with E-state index in [1.165, 1.54) is 6.92 Å². The van der Waals surface area contributed by atoms with Gasteiger partial charge >= 0.3 is 0 Å². The summed E-state index contributed by atoms with van der Waals surface area (Å²) in [4.78, 5) is 22.3. The van der Waals surface area contributed by atoms with E-state index in [1.54, 1.807) is 6.92 Å². The van der Waals surface area contributed by atoms with Gasteiger partial charge in [0.25, 0.3) is 0 Å². The smallest absolute Gasteiger partial charge is 0.164 e. The number of carbonyl (C=O) groups is 2. The summed E-state index contributed by atoms with van der Waals surface area (Å²) in [6, 6.07) is 0. The summed E-state index contributed by atoms with van der Waals surface area (Å²) in [5.41, 5.74) is 0. The number of carbonyl (C=O) groups excluding carboxylic acids is 2. The Kier molecular flexibility index (Phi) is 6.37. The molecule has 0 fully saturated rings. The summed E-state index contributed by atoms with van der Waals surface area (Å²) >= 11 is 0. The highest BCUT2D eigenvalue weighted by Crippen LogP contribution is 2.15. The van der Waals surface area contributed by atoms with Crippen molar-refractivity contribution in [3.8, 4) is 0 Å². The topological polar surface area (TPSA) is 54.4 Å². The van der Waals surface area contributed by atoms with Crippen LogP contribution in [0.3, 0.4) is 0 Å². The average molecular weight is 200 g/mol. The van der Waals surface area contributed by atoms with Crippen molar-refractivity contribution in [2.45, 2.75) is 52.6 Å². The Morgan fingerprint density at radius 1 is 1.21 bits per heavy atom. The third kappa shape index (κ3) is 4.51. The van der Waals surface area contributed by atoms with Crippen LogP contribution in [0.4, 0.5) is 0 Å². The minimum absolute atomic E-state index is 0.0993. The molecule has 3 heteroatoms. The number of ketones is 2. The molecule has 0 aliphatic rings. The van der Waals surface area contributed by atoms with Crippen molar-refractivity contribution in [2.75, 3.05) is 0 Å². The minimum Gasteiger partial charge on any atom is -0.385 e. The van der Waals surface area contributed by atoms with Gasteiger partial charge in [0.1, 0.15) is 11.9 Å². The summed E-state index contributed by atoms with van der Waals surface area (Å²) in [5.74, 6) is -0.174.